The minimum absolute atomic E-state index is 0.00351. The molecule has 0 saturated heterocycles. The minimum Gasteiger partial charge on any atom is -0.326 e. The maximum Gasteiger partial charge on any atom is 0.257 e. The van der Waals surface area contributed by atoms with Crippen LogP contribution in [0.3, 0.4) is 0 Å². The molecule has 1 aliphatic rings. The summed E-state index contributed by atoms with van der Waals surface area (Å²) in [4.78, 5) is 40.3. The SMILES string of the molecule is CC(=O)Nc1ccc2nc(NC(=O)c3cccc(NC(=O)C4CC4C)c3)sc2c1. The summed E-state index contributed by atoms with van der Waals surface area (Å²) in [6, 6.07) is 12.2. The first-order chi connectivity index (χ1) is 13.9. The van der Waals surface area contributed by atoms with Crippen LogP contribution < -0.4 is 16.0 Å². The molecule has 0 aliphatic heterocycles. The maximum atomic E-state index is 12.6. The van der Waals surface area contributed by atoms with Gasteiger partial charge >= 0.3 is 0 Å². The first kappa shape index (κ1) is 19.1. The summed E-state index contributed by atoms with van der Waals surface area (Å²) in [7, 11) is 0. The number of thiazole rings is 1. The Labute approximate surface area is 171 Å². The Morgan fingerprint density at radius 2 is 1.79 bits per heavy atom. The van der Waals surface area contributed by atoms with Gasteiger partial charge in [-0.25, -0.2) is 4.98 Å². The molecule has 4 rings (SSSR count). The molecule has 3 N–H and O–H groups in total. The second-order valence-corrected chi connectivity index (χ2v) is 8.26. The second kappa shape index (κ2) is 7.63. The number of carbonyl (C=O) groups is 3. The summed E-state index contributed by atoms with van der Waals surface area (Å²) in [6.45, 7) is 3.50. The van der Waals surface area contributed by atoms with Gasteiger partial charge in [-0.1, -0.05) is 24.3 Å². The highest BCUT2D eigenvalue weighted by Crippen LogP contribution is 2.38. The highest BCUT2D eigenvalue weighted by atomic mass is 32.1. The summed E-state index contributed by atoms with van der Waals surface area (Å²) in [5.41, 5.74) is 2.45. The van der Waals surface area contributed by atoms with Crippen molar-refractivity contribution in [2.24, 2.45) is 11.8 Å². The molecule has 1 aromatic heterocycles. The molecule has 148 valence electrons. The van der Waals surface area contributed by atoms with Gasteiger partial charge in [0.05, 0.1) is 10.2 Å². The smallest absolute Gasteiger partial charge is 0.257 e. The number of fused-ring (bicyclic) bond motifs is 1. The number of anilines is 3. The van der Waals surface area contributed by atoms with Crippen molar-refractivity contribution >= 4 is 55.8 Å². The average Bonchev–Trinajstić information content (AvgIpc) is 3.27. The Balaban J connectivity index is 1.46. The number of carbonyl (C=O) groups excluding carboxylic acids is 3. The van der Waals surface area contributed by atoms with Crippen molar-refractivity contribution in [3.05, 3.63) is 48.0 Å². The lowest BCUT2D eigenvalue weighted by molar-refractivity contribution is -0.117. The van der Waals surface area contributed by atoms with E-state index in [1.165, 1.54) is 18.3 Å². The van der Waals surface area contributed by atoms with Crippen molar-refractivity contribution in [2.45, 2.75) is 20.3 Å². The third-order valence-electron chi connectivity index (χ3n) is 4.77. The molecule has 29 heavy (non-hydrogen) atoms. The molecule has 2 aromatic carbocycles. The van der Waals surface area contributed by atoms with Crippen LogP contribution in [0.2, 0.25) is 0 Å². The Kier molecular flexibility index (Phi) is 5.02. The third kappa shape index (κ3) is 4.43. The van der Waals surface area contributed by atoms with Crippen molar-refractivity contribution < 1.29 is 14.4 Å². The largest absolute Gasteiger partial charge is 0.326 e. The Bertz CT molecular complexity index is 1120. The zero-order valence-corrected chi connectivity index (χ0v) is 16.8. The lowest BCUT2D eigenvalue weighted by Crippen LogP contribution is -2.16. The van der Waals surface area contributed by atoms with E-state index in [4.69, 9.17) is 0 Å². The molecular weight excluding hydrogens is 388 g/mol. The fourth-order valence-corrected chi connectivity index (χ4v) is 3.99. The lowest BCUT2D eigenvalue weighted by atomic mass is 10.2. The van der Waals surface area contributed by atoms with E-state index in [9.17, 15) is 14.4 Å². The van der Waals surface area contributed by atoms with Crippen LogP contribution in [0.5, 0.6) is 0 Å². The molecule has 0 bridgehead atoms. The van der Waals surface area contributed by atoms with Gasteiger partial charge in [0, 0.05) is 29.8 Å². The van der Waals surface area contributed by atoms with E-state index in [-0.39, 0.29) is 23.6 Å². The molecule has 1 heterocycles. The van der Waals surface area contributed by atoms with E-state index in [0.29, 0.717) is 28.0 Å². The van der Waals surface area contributed by atoms with Crippen LogP contribution in [0.4, 0.5) is 16.5 Å². The molecule has 3 amide bonds. The van der Waals surface area contributed by atoms with Crippen molar-refractivity contribution in [3.8, 4) is 0 Å². The molecule has 2 unspecified atom stereocenters. The Morgan fingerprint density at radius 1 is 1.03 bits per heavy atom. The number of rotatable bonds is 5. The highest BCUT2D eigenvalue weighted by molar-refractivity contribution is 7.22. The van der Waals surface area contributed by atoms with Crippen LogP contribution in [-0.4, -0.2) is 22.7 Å². The van der Waals surface area contributed by atoms with Crippen molar-refractivity contribution in [1.82, 2.24) is 4.98 Å². The van der Waals surface area contributed by atoms with E-state index in [0.717, 1.165) is 16.6 Å². The van der Waals surface area contributed by atoms with Crippen LogP contribution in [0.15, 0.2) is 42.5 Å². The van der Waals surface area contributed by atoms with Crippen molar-refractivity contribution in [1.29, 1.82) is 0 Å². The normalized spacial score (nSPS) is 17.6. The minimum atomic E-state index is -0.304. The van der Waals surface area contributed by atoms with Crippen LogP contribution in [-0.2, 0) is 9.59 Å². The maximum absolute atomic E-state index is 12.6. The number of nitrogens with zero attached hydrogens (tertiary/aromatic N) is 1. The molecule has 2 atom stereocenters. The first-order valence-corrected chi connectivity index (χ1v) is 10.1. The molecule has 1 aliphatic carbocycles. The van der Waals surface area contributed by atoms with Crippen LogP contribution in [0, 0.1) is 11.8 Å². The first-order valence-electron chi connectivity index (χ1n) is 9.29. The summed E-state index contributed by atoms with van der Waals surface area (Å²) in [5.74, 6) is 0.0352. The third-order valence-corrected chi connectivity index (χ3v) is 5.70. The van der Waals surface area contributed by atoms with Crippen molar-refractivity contribution in [2.75, 3.05) is 16.0 Å². The van der Waals surface area contributed by atoms with Gasteiger partial charge in [0.15, 0.2) is 5.13 Å². The molecule has 1 saturated carbocycles. The van der Waals surface area contributed by atoms with Crippen LogP contribution >= 0.6 is 11.3 Å². The molecule has 7 nitrogen and oxygen atoms in total. The van der Waals surface area contributed by atoms with Crippen molar-refractivity contribution in [3.63, 3.8) is 0 Å². The average molecular weight is 408 g/mol. The fraction of sp³-hybridized carbons (Fsp3) is 0.238. The summed E-state index contributed by atoms with van der Waals surface area (Å²) < 4.78 is 0.853. The lowest BCUT2D eigenvalue weighted by Gasteiger charge is -2.07. The zero-order chi connectivity index (χ0) is 20.5. The zero-order valence-electron chi connectivity index (χ0n) is 16.0. The quantitative estimate of drug-likeness (QED) is 0.592. The molecule has 1 fully saturated rings. The summed E-state index contributed by atoms with van der Waals surface area (Å²) in [5, 5.41) is 8.86. The van der Waals surface area contributed by atoms with Gasteiger partial charge in [-0.05, 0) is 48.7 Å². The predicted octanol–water partition coefficient (Wildman–Crippen LogP) is 4.10. The Morgan fingerprint density at radius 3 is 2.52 bits per heavy atom. The Hall–Kier alpha value is -3.26. The van der Waals surface area contributed by atoms with E-state index in [1.54, 1.807) is 36.4 Å². The molecule has 0 spiro atoms. The number of hydrogen-bond donors (Lipinski definition) is 3. The molecule has 0 radical (unpaired) electrons. The molecular formula is C21H20N4O3S. The predicted molar refractivity (Wildman–Crippen MR) is 114 cm³/mol. The monoisotopic (exact) mass is 408 g/mol. The van der Waals surface area contributed by atoms with E-state index >= 15 is 0 Å². The van der Waals surface area contributed by atoms with E-state index in [2.05, 4.69) is 20.9 Å². The summed E-state index contributed by atoms with van der Waals surface area (Å²) in [6.07, 6.45) is 0.910. The topological polar surface area (TPSA) is 100 Å². The van der Waals surface area contributed by atoms with Crippen LogP contribution in [0.1, 0.15) is 30.6 Å². The number of amides is 3. The highest BCUT2D eigenvalue weighted by Gasteiger charge is 2.39. The van der Waals surface area contributed by atoms with Gasteiger partial charge in [-0.15, -0.1) is 0 Å². The van der Waals surface area contributed by atoms with Gasteiger partial charge in [0.25, 0.3) is 5.91 Å². The number of hydrogen-bond acceptors (Lipinski definition) is 5. The van der Waals surface area contributed by atoms with E-state index < -0.39 is 0 Å². The van der Waals surface area contributed by atoms with Crippen LogP contribution in [0.25, 0.3) is 10.2 Å². The number of aromatic nitrogens is 1. The molecule has 3 aromatic rings. The van der Waals surface area contributed by atoms with Gasteiger partial charge in [-0.2, -0.15) is 0 Å². The second-order valence-electron chi connectivity index (χ2n) is 7.23. The fourth-order valence-electron chi connectivity index (χ4n) is 3.09. The van der Waals surface area contributed by atoms with Gasteiger partial charge < -0.3 is 10.6 Å². The molecule has 8 heteroatoms. The van der Waals surface area contributed by atoms with Gasteiger partial charge in [0.1, 0.15) is 0 Å². The summed E-state index contributed by atoms with van der Waals surface area (Å²) >= 11 is 1.32. The van der Waals surface area contributed by atoms with Gasteiger partial charge in [0.2, 0.25) is 11.8 Å². The van der Waals surface area contributed by atoms with E-state index in [1.807, 2.05) is 13.0 Å². The number of nitrogens with one attached hydrogen (secondary N) is 3. The number of benzene rings is 2. The van der Waals surface area contributed by atoms with Gasteiger partial charge in [-0.3, -0.25) is 19.7 Å². The standard InChI is InChI=1S/C21H20N4O3S/c1-11-8-16(11)20(28)23-14-5-3-4-13(9-14)19(27)25-21-24-17-7-6-15(22-12(2)26)10-18(17)29-21/h3-7,9-11,16H,8H2,1-2H3,(H,22,26)(H,23,28)(H,24,25,27).